The third kappa shape index (κ3) is 3.80. The van der Waals surface area contributed by atoms with E-state index in [-0.39, 0.29) is 11.0 Å². The molecule has 9 heteroatoms. The molecule has 0 saturated carbocycles. The highest BCUT2D eigenvalue weighted by atomic mass is 32.2. The van der Waals surface area contributed by atoms with Crippen molar-refractivity contribution in [3.05, 3.63) is 34.8 Å². The number of anilines is 2. The number of methoxy groups -OCH3 is 1. The maximum atomic E-state index is 12.4. The van der Waals surface area contributed by atoms with Crippen LogP contribution in [0.2, 0.25) is 0 Å². The zero-order valence-corrected chi connectivity index (χ0v) is 14.8. The van der Waals surface area contributed by atoms with E-state index < -0.39 is 10.0 Å². The monoisotopic (exact) mass is 355 g/mol. The van der Waals surface area contributed by atoms with E-state index in [0.717, 1.165) is 21.9 Å². The number of ether oxygens (including phenoxy) is 1. The summed E-state index contributed by atoms with van der Waals surface area (Å²) in [5.41, 5.74) is 0.999. The molecule has 0 radical (unpaired) electrons. The Morgan fingerprint density at radius 1 is 1.35 bits per heavy atom. The zero-order chi connectivity index (χ0) is 17.2. The smallest absolute Gasteiger partial charge is 0.267 e. The second-order valence-electron chi connectivity index (χ2n) is 4.80. The summed E-state index contributed by atoms with van der Waals surface area (Å²) in [4.78, 5) is 16.9. The normalized spacial score (nSPS) is 11.1. The average molecular weight is 355 g/mol. The van der Waals surface area contributed by atoms with Crippen molar-refractivity contribution in [1.29, 1.82) is 0 Å². The second kappa shape index (κ2) is 6.55. The Balaban J connectivity index is 2.29. The molecule has 1 N–H and O–H groups in total. The predicted octanol–water partition coefficient (Wildman–Crippen LogP) is 2.11. The van der Waals surface area contributed by atoms with Crippen LogP contribution in [0.25, 0.3) is 0 Å². The minimum atomic E-state index is -3.43. The summed E-state index contributed by atoms with van der Waals surface area (Å²) >= 11 is 1.02. The summed E-state index contributed by atoms with van der Waals surface area (Å²) < 4.78 is 29.4. The van der Waals surface area contributed by atoms with Crippen molar-refractivity contribution in [3.8, 4) is 5.75 Å². The van der Waals surface area contributed by atoms with Crippen LogP contribution in [-0.4, -0.2) is 39.7 Å². The number of thiazole rings is 1. The fourth-order valence-corrected chi connectivity index (χ4v) is 3.47. The lowest BCUT2D eigenvalue weighted by molar-refractivity contribution is 0.102. The molecule has 124 valence electrons. The number of benzene rings is 1. The summed E-state index contributed by atoms with van der Waals surface area (Å²) in [7, 11) is -0.511. The molecule has 1 amide bonds. The van der Waals surface area contributed by atoms with Gasteiger partial charge in [0.2, 0.25) is 10.0 Å². The highest BCUT2D eigenvalue weighted by molar-refractivity contribution is 7.92. The van der Waals surface area contributed by atoms with Gasteiger partial charge in [0.05, 0.1) is 24.7 Å². The molecular weight excluding hydrogens is 338 g/mol. The lowest BCUT2D eigenvalue weighted by Gasteiger charge is -2.11. The van der Waals surface area contributed by atoms with E-state index >= 15 is 0 Å². The van der Waals surface area contributed by atoms with Crippen LogP contribution in [-0.2, 0) is 10.0 Å². The van der Waals surface area contributed by atoms with Crippen LogP contribution in [0.1, 0.15) is 15.4 Å². The number of amides is 1. The first kappa shape index (κ1) is 17.2. The Kier molecular flexibility index (Phi) is 4.90. The number of para-hydroxylation sites is 2. The number of sulfonamides is 1. The third-order valence-electron chi connectivity index (χ3n) is 3.11. The lowest BCUT2D eigenvalue weighted by atomic mass is 10.3. The standard InChI is InChI=1S/C14H17N3O4S2/c1-9-12(22-14(15-9)17(2)23(4,19)20)13(18)16-10-7-5-6-8-11(10)21-3/h5-8H,1-4H3,(H,16,18). The van der Waals surface area contributed by atoms with Crippen LogP contribution < -0.4 is 14.4 Å². The van der Waals surface area contributed by atoms with Gasteiger partial charge in [-0.3, -0.25) is 4.79 Å². The molecule has 0 saturated heterocycles. The van der Waals surface area contributed by atoms with Crippen molar-refractivity contribution < 1.29 is 17.9 Å². The van der Waals surface area contributed by atoms with Gasteiger partial charge in [-0.15, -0.1) is 0 Å². The molecule has 0 unspecified atom stereocenters. The molecule has 0 fully saturated rings. The minimum absolute atomic E-state index is 0.246. The second-order valence-corrected chi connectivity index (χ2v) is 7.79. The summed E-state index contributed by atoms with van der Waals surface area (Å²) in [6.07, 6.45) is 1.08. The number of carbonyl (C=O) groups excluding carboxylic acids is 1. The van der Waals surface area contributed by atoms with Crippen LogP contribution in [0.15, 0.2) is 24.3 Å². The van der Waals surface area contributed by atoms with E-state index in [4.69, 9.17) is 4.74 Å². The van der Waals surface area contributed by atoms with Crippen molar-refractivity contribution in [2.24, 2.45) is 0 Å². The molecule has 0 atom stereocenters. The number of hydrogen-bond acceptors (Lipinski definition) is 6. The number of hydrogen-bond donors (Lipinski definition) is 1. The highest BCUT2D eigenvalue weighted by Crippen LogP contribution is 2.29. The van der Waals surface area contributed by atoms with Gasteiger partial charge in [0.25, 0.3) is 5.91 Å². The maximum absolute atomic E-state index is 12.4. The first-order valence-corrected chi connectivity index (χ1v) is 9.26. The first-order chi connectivity index (χ1) is 10.7. The Labute approximate surface area is 139 Å². The van der Waals surface area contributed by atoms with E-state index in [1.165, 1.54) is 14.2 Å². The van der Waals surface area contributed by atoms with Crippen molar-refractivity contribution in [2.75, 3.05) is 30.0 Å². The van der Waals surface area contributed by atoms with Gasteiger partial charge in [0, 0.05) is 7.05 Å². The van der Waals surface area contributed by atoms with Gasteiger partial charge in [-0.2, -0.15) is 0 Å². The van der Waals surface area contributed by atoms with E-state index in [1.54, 1.807) is 31.2 Å². The number of aromatic nitrogens is 1. The highest BCUT2D eigenvalue weighted by Gasteiger charge is 2.22. The molecule has 23 heavy (non-hydrogen) atoms. The zero-order valence-electron chi connectivity index (χ0n) is 13.2. The molecule has 1 aromatic heterocycles. The molecule has 0 bridgehead atoms. The summed E-state index contributed by atoms with van der Waals surface area (Å²) in [5.74, 6) is 0.175. The van der Waals surface area contributed by atoms with E-state index in [2.05, 4.69) is 10.3 Å². The van der Waals surface area contributed by atoms with Crippen LogP contribution in [0.4, 0.5) is 10.8 Å². The van der Waals surface area contributed by atoms with E-state index in [1.807, 2.05) is 0 Å². The summed E-state index contributed by atoms with van der Waals surface area (Å²) in [6, 6.07) is 7.03. The van der Waals surface area contributed by atoms with E-state index in [9.17, 15) is 13.2 Å². The lowest BCUT2D eigenvalue weighted by Crippen LogP contribution is -2.24. The Bertz CT molecular complexity index is 830. The van der Waals surface area contributed by atoms with Gasteiger partial charge in [0.1, 0.15) is 10.6 Å². The van der Waals surface area contributed by atoms with Crippen molar-refractivity contribution in [2.45, 2.75) is 6.92 Å². The molecule has 0 aliphatic carbocycles. The largest absolute Gasteiger partial charge is 0.495 e. The molecule has 0 aliphatic heterocycles. The number of rotatable bonds is 5. The quantitative estimate of drug-likeness (QED) is 0.887. The maximum Gasteiger partial charge on any atom is 0.267 e. The van der Waals surface area contributed by atoms with Gasteiger partial charge < -0.3 is 10.1 Å². The van der Waals surface area contributed by atoms with Crippen molar-refractivity contribution in [1.82, 2.24) is 4.98 Å². The SMILES string of the molecule is COc1ccccc1NC(=O)c1sc(N(C)S(C)(=O)=O)nc1C. The third-order valence-corrected chi connectivity index (χ3v) is 5.63. The minimum Gasteiger partial charge on any atom is -0.495 e. The fourth-order valence-electron chi connectivity index (χ4n) is 1.80. The van der Waals surface area contributed by atoms with Gasteiger partial charge in [-0.25, -0.2) is 17.7 Å². The van der Waals surface area contributed by atoms with Crippen LogP contribution in [0.5, 0.6) is 5.75 Å². The number of carbonyl (C=O) groups is 1. The molecular formula is C14H17N3O4S2. The molecule has 2 aromatic rings. The predicted molar refractivity (Wildman–Crippen MR) is 91.0 cm³/mol. The van der Waals surface area contributed by atoms with Crippen LogP contribution in [0, 0.1) is 6.92 Å². The molecule has 1 heterocycles. The summed E-state index contributed by atoms with van der Waals surface area (Å²) in [6.45, 7) is 1.66. The average Bonchev–Trinajstić information content (AvgIpc) is 2.88. The molecule has 1 aromatic carbocycles. The van der Waals surface area contributed by atoms with Crippen molar-refractivity contribution >= 4 is 38.1 Å². The topological polar surface area (TPSA) is 88.6 Å². The van der Waals surface area contributed by atoms with Crippen LogP contribution in [0.3, 0.4) is 0 Å². The Morgan fingerprint density at radius 2 is 2.00 bits per heavy atom. The van der Waals surface area contributed by atoms with E-state index in [0.29, 0.717) is 22.0 Å². The molecule has 0 spiro atoms. The van der Waals surface area contributed by atoms with Crippen LogP contribution >= 0.6 is 11.3 Å². The molecule has 7 nitrogen and oxygen atoms in total. The number of aryl methyl sites for hydroxylation is 1. The molecule has 0 aliphatic rings. The van der Waals surface area contributed by atoms with Gasteiger partial charge in [-0.1, -0.05) is 23.5 Å². The Hall–Kier alpha value is -2.13. The van der Waals surface area contributed by atoms with Gasteiger partial charge in [-0.05, 0) is 19.1 Å². The molecule has 2 rings (SSSR count). The van der Waals surface area contributed by atoms with Gasteiger partial charge in [0.15, 0.2) is 5.13 Å². The van der Waals surface area contributed by atoms with Gasteiger partial charge >= 0.3 is 0 Å². The fraction of sp³-hybridized carbons (Fsp3) is 0.286. The summed E-state index contributed by atoms with van der Waals surface area (Å²) in [5, 5.41) is 2.99. The first-order valence-electron chi connectivity index (χ1n) is 6.59. The Morgan fingerprint density at radius 3 is 2.61 bits per heavy atom. The van der Waals surface area contributed by atoms with Crippen molar-refractivity contribution in [3.63, 3.8) is 0 Å². The number of nitrogens with one attached hydrogen (secondary N) is 1. The number of nitrogens with zero attached hydrogens (tertiary/aromatic N) is 2.